The smallest absolute Gasteiger partial charge is 0.414 e. The number of anilines is 1. The van der Waals surface area contributed by atoms with Gasteiger partial charge in [-0.15, -0.1) is 0 Å². The Labute approximate surface area is 143 Å². The largest absolute Gasteiger partial charge is 0.441 e. The lowest BCUT2D eigenvalue weighted by atomic mass is 9.78. The van der Waals surface area contributed by atoms with Crippen LogP contribution < -0.4 is 4.90 Å². The van der Waals surface area contributed by atoms with Gasteiger partial charge in [0.1, 0.15) is 6.10 Å². The van der Waals surface area contributed by atoms with Crippen LogP contribution in [0.3, 0.4) is 0 Å². The number of cyclic esters (lactones) is 1. The van der Waals surface area contributed by atoms with Crippen LogP contribution in [-0.2, 0) is 9.47 Å². The van der Waals surface area contributed by atoms with E-state index in [0.29, 0.717) is 31.4 Å². The van der Waals surface area contributed by atoms with Gasteiger partial charge in [-0.3, -0.25) is 4.90 Å². The molecule has 1 heterocycles. The zero-order valence-electron chi connectivity index (χ0n) is 14.1. The van der Waals surface area contributed by atoms with Crippen molar-refractivity contribution in [1.29, 1.82) is 5.26 Å². The number of carbonyl (C=O) groups is 1. The Balaban J connectivity index is 1.60. The van der Waals surface area contributed by atoms with Crippen LogP contribution in [0.4, 0.5) is 10.5 Å². The van der Waals surface area contributed by atoms with Gasteiger partial charge in [-0.2, -0.15) is 5.26 Å². The third-order valence-corrected chi connectivity index (χ3v) is 5.13. The predicted octanol–water partition coefficient (Wildman–Crippen LogP) is 3.85. The molecule has 0 aromatic heterocycles. The summed E-state index contributed by atoms with van der Waals surface area (Å²) in [6, 6.07) is 10.6. The molecule has 1 aromatic carbocycles. The molecule has 1 atom stereocenters. The van der Waals surface area contributed by atoms with Crippen LogP contribution in [0.15, 0.2) is 24.3 Å². The van der Waals surface area contributed by atoms with Gasteiger partial charge in [-0.1, -0.05) is 12.1 Å². The Morgan fingerprint density at radius 3 is 2.58 bits per heavy atom. The molecule has 1 amide bonds. The van der Waals surface area contributed by atoms with E-state index in [9.17, 15) is 4.79 Å². The summed E-state index contributed by atoms with van der Waals surface area (Å²) in [6.07, 6.45) is 4.75. The van der Waals surface area contributed by atoms with E-state index in [1.165, 1.54) is 5.56 Å². The zero-order valence-corrected chi connectivity index (χ0v) is 14.1. The Kier molecular flexibility index (Phi) is 5.37. The minimum absolute atomic E-state index is 0.197. The molecule has 1 saturated heterocycles. The van der Waals surface area contributed by atoms with Crippen LogP contribution in [0.2, 0.25) is 0 Å². The quantitative estimate of drug-likeness (QED) is 0.823. The van der Waals surface area contributed by atoms with Crippen molar-refractivity contribution in [2.75, 3.05) is 25.2 Å². The van der Waals surface area contributed by atoms with Gasteiger partial charge in [-0.05, 0) is 55.2 Å². The van der Waals surface area contributed by atoms with Crippen LogP contribution >= 0.6 is 0 Å². The lowest BCUT2D eigenvalue weighted by Crippen LogP contribution is -2.25. The van der Waals surface area contributed by atoms with E-state index < -0.39 is 0 Å². The maximum atomic E-state index is 12.0. The number of hydrogen-bond acceptors (Lipinski definition) is 4. The number of ether oxygens (including phenoxy) is 2. The number of hydrogen-bond donors (Lipinski definition) is 0. The molecular weight excluding hydrogens is 304 g/mol. The summed E-state index contributed by atoms with van der Waals surface area (Å²) in [4.78, 5) is 13.6. The molecule has 1 aliphatic heterocycles. The molecular formula is C19H24N2O3. The average Bonchev–Trinajstić information content (AvgIpc) is 2.97. The molecule has 5 nitrogen and oxygen atoms in total. The number of amides is 1. The standard InChI is InChI=1S/C19H24N2O3/c1-23-13-18-12-21(19(22)24-18)17-8-6-16(7-9-17)15-4-2-14(3-5-15)10-11-20/h6-9,14-15,18H,2-5,10,12-13H2,1H3/t14-,15-,18-/m1/s1. The fourth-order valence-electron chi connectivity index (χ4n) is 3.76. The minimum atomic E-state index is -0.304. The number of carbonyl (C=O) groups excluding carboxylic acids is 1. The normalized spacial score (nSPS) is 26.9. The molecule has 2 fully saturated rings. The molecule has 2 aliphatic rings. The van der Waals surface area contributed by atoms with Gasteiger partial charge in [-0.25, -0.2) is 4.79 Å². The SMILES string of the molecule is COC[C@H]1CN(c2ccc([C@H]3CC[C@H](CC#N)CC3)cc2)C(=O)O1. The van der Waals surface area contributed by atoms with Crippen LogP contribution in [0.1, 0.15) is 43.6 Å². The zero-order chi connectivity index (χ0) is 16.9. The number of nitrogens with zero attached hydrogens (tertiary/aromatic N) is 2. The summed E-state index contributed by atoms with van der Waals surface area (Å²) >= 11 is 0. The highest BCUT2D eigenvalue weighted by molar-refractivity contribution is 5.89. The lowest BCUT2D eigenvalue weighted by Gasteiger charge is -2.27. The van der Waals surface area contributed by atoms with E-state index in [0.717, 1.165) is 31.4 Å². The van der Waals surface area contributed by atoms with E-state index in [1.54, 1.807) is 12.0 Å². The number of methoxy groups -OCH3 is 1. The first-order chi connectivity index (χ1) is 11.7. The first kappa shape index (κ1) is 16.8. The second kappa shape index (κ2) is 7.67. The van der Waals surface area contributed by atoms with Crippen molar-refractivity contribution in [3.8, 4) is 6.07 Å². The van der Waals surface area contributed by atoms with Crippen molar-refractivity contribution in [3.05, 3.63) is 29.8 Å². The molecule has 1 aliphatic carbocycles. The molecule has 0 radical (unpaired) electrons. The minimum Gasteiger partial charge on any atom is -0.441 e. The van der Waals surface area contributed by atoms with Crippen LogP contribution in [0.25, 0.3) is 0 Å². The van der Waals surface area contributed by atoms with Crippen molar-refractivity contribution in [2.24, 2.45) is 5.92 Å². The predicted molar refractivity (Wildman–Crippen MR) is 90.9 cm³/mol. The van der Waals surface area contributed by atoms with Crippen molar-refractivity contribution in [3.63, 3.8) is 0 Å². The second-order valence-electron chi connectivity index (χ2n) is 6.74. The van der Waals surface area contributed by atoms with Gasteiger partial charge in [0.05, 0.1) is 19.2 Å². The Morgan fingerprint density at radius 1 is 1.25 bits per heavy atom. The highest BCUT2D eigenvalue weighted by Crippen LogP contribution is 2.37. The first-order valence-electron chi connectivity index (χ1n) is 8.65. The molecule has 128 valence electrons. The van der Waals surface area contributed by atoms with E-state index in [2.05, 4.69) is 18.2 Å². The summed E-state index contributed by atoms with van der Waals surface area (Å²) in [5.41, 5.74) is 2.20. The summed E-state index contributed by atoms with van der Waals surface area (Å²) in [5, 5.41) is 8.81. The van der Waals surface area contributed by atoms with E-state index in [-0.39, 0.29) is 12.2 Å². The fraction of sp³-hybridized carbons (Fsp3) is 0.579. The first-order valence-corrected chi connectivity index (χ1v) is 8.65. The van der Waals surface area contributed by atoms with Gasteiger partial charge < -0.3 is 9.47 Å². The summed E-state index contributed by atoms with van der Waals surface area (Å²) < 4.78 is 10.3. The molecule has 5 heteroatoms. The molecule has 0 N–H and O–H groups in total. The van der Waals surface area contributed by atoms with Crippen molar-refractivity contribution >= 4 is 11.8 Å². The number of nitriles is 1. The van der Waals surface area contributed by atoms with Crippen molar-refractivity contribution < 1.29 is 14.3 Å². The highest BCUT2D eigenvalue weighted by Gasteiger charge is 2.32. The third kappa shape index (κ3) is 3.70. The second-order valence-corrected chi connectivity index (χ2v) is 6.74. The summed E-state index contributed by atoms with van der Waals surface area (Å²) in [5.74, 6) is 1.14. The van der Waals surface area contributed by atoms with Gasteiger partial charge in [0, 0.05) is 19.2 Å². The number of rotatable bonds is 5. The molecule has 24 heavy (non-hydrogen) atoms. The molecule has 1 aromatic rings. The molecule has 0 unspecified atom stereocenters. The van der Waals surface area contributed by atoms with E-state index in [1.807, 2.05) is 12.1 Å². The van der Waals surface area contributed by atoms with Gasteiger partial charge in [0.25, 0.3) is 0 Å². The van der Waals surface area contributed by atoms with Crippen molar-refractivity contribution in [1.82, 2.24) is 0 Å². The van der Waals surface area contributed by atoms with E-state index >= 15 is 0 Å². The molecule has 3 rings (SSSR count). The number of benzene rings is 1. The maximum Gasteiger partial charge on any atom is 0.414 e. The van der Waals surface area contributed by atoms with Gasteiger partial charge in [0.2, 0.25) is 0 Å². The molecule has 0 bridgehead atoms. The molecule has 0 spiro atoms. The fourth-order valence-corrected chi connectivity index (χ4v) is 3.76. The van der Waals surface area contributed by atoms with Gasteiger partial charge in [0.15, 0.2) is 0 Å². The van der Waals surface area contributed by atoms with Crippen LogP contribution in [0.5, 0.6) is 0 Å². The van der Waals surface area contributed by atoms with Crippen molar-refractivity contribution in [2.45, 2.75) is 44.1 Å². The van der Waals surface area contributed by atoms with Crippen LogP contribution in [-0.4, -0.2) is 32.5 Å². The summed E-state index contributed by atoms with van der Waals surface area (Å²) in [6.45, 7) is 0.956. The van der Waals surface area contributed by atoms with E-state index in [4.69, 9.17) is 14.7 Å². The lowest BCUT2D eigenvalue weighted by molar-refractivity contribution is 0.0718. The average molecular weight is 328 g/mol. The monoisotopic (exact) mass is 328 g/mol. The van der Waals surface area contributed by atoms with Gasteiger partial charge >= 0.3 is 6.09 Å². The highest BCUT2D eigenvalue weighted by atomic mass is 16.6. The topological polar surface area (TPSA) is 62.6 Å². The third-order valence-electron chi connectivity index (χ3n) is 5.13. The summed E-state index contributed by atoms with van der Waals surface area (Å²) in [7, 11) is 1.61. The molecule has 1 saturated carbocycles. The maximum absolute atomic E-state index is 12.0. The Bertz CT molecular complexity index is 600. The Hall–Kier alpha value is -2.06. The van der Waals surface area contributed by atoms with Crippen LogP contribution in [0, 0.1) is 17.2 Å². The Morgan fingerprint density at radius 2 is 1.96 bits per heavy atom.